The molecule has 0 aromatic heterocycles. The molecule has 0 bridgehead atoms. The largest absolute Gasteiger partial charge is 0.328 e. The van der Waals surface area contributed by atoms with E-state index in [2.05, 4.69) is 28.8 Å². The predicted molar refractivity (Wildman–Crippen MR) is 71.8 cm³/mol. The summed E-state index contributed by atoms with van der Waals surface area (Å²) in [5.74, 6) is 4.02. The fourth-order valence-corrected chi connectivity index (χ4v) is 4.90. The Kier molecular flexibility index (Phi) is 5.14. The molecule has 0 aromatic carbocycles. The molecule has 1 unspecified atom stereocenters. The maximum atomic E-state index is 5.90. The number of nitrogens with one attached hydrogen (secondary N) is 1. The second kappa shape index (κ2) is 6.38. The van der Waals surface area contributed by atoms with Crippen molar-refractivity contribution in [3.8, 4) is 0 Å². The molecule has 2 nitrogen and oxygen atoms in total. The van der Waals surface area contributed by atoms with Crippen LogP contribution in [0, 0.1) is 0 Å². The van der Waals surface area contributed by atoms with Gasteiger partial charge in [0.1, 0.15) is 0 Å². The summed E-state index contributed by atoms with van der Waals surface area (Å²) in [5, 5.41) is 4.57. The van der Waals surface area contributed by atoms with E-state index in [1.165, 1.54) is 49.5 Å². The third-order valence-corrected chi connectivity index (χ3v) is 6.14. The van der Waals surface area contributed by atoms with Crippen LogP contribution in [0.4, 0.5) is 0 Å². The van der Waals surface area contributed by atoms with Gasteiger partial charge in [0.25, 0.3) is 0 Å². The predicted octanol–water partition coefficient (Wildman–Crippen LogP) is 1.69. The highest BCUT2D eigenvalue weighted by Gasteiger charge is 2.20. The molecule has 1 atom stereocenters. The number of rotatable bonds is 3. The molecule has 1 aliphatic carbocycles. The third-order valence-electron chi connectivity index (χ3n) is 3.29. The van der Waals surface area contributed by atoms with E-state index in [4.69, 9.17) is 5.73 Å². The van der Waals surface area contributed by atoms with Crippen LogP contribution in [0.15, 0.2) is 0 Å². The van der Waals surface area contributed by atoms with Gasteiger partial charge in [-0.05, 0) is 25.7 Å². The van der Waals surface area contributed by atoms with Gasteiger partial charge in [0.2, 0.25) is 0 Å². The lowest BCUT2D eigenvalue weighted by Gasteiger charge is -2.29. The molecular weight excluding hydrogens is 224 g/mol. The zero-order chi connectivity index (χ0) is 10.5. The molecule has 0 radical (unpaired) electrons. The van der Waals surface area contributed by atoms with Crippen LogP contribution in [0.2, 0.25) is 0 Å². The molecule has 15 heavy (non-hydrogen) atoms. The van der Waals surface area contributed by atoms with Crippen molar-refractivity contribution in [3.63, 3.8) is 0 Å². The van der Waals surface area contributed by atoms with Gasteiger partial charge in [-0.15, -0.1) is 0 Å². The van der Waals surface area contributed by atoms with E-state index in [0.717, 1.165) is 11.3 Å². The van der Waals surface area contributed by atoms with Gasteiger partial charge in [0.15, 0.2) is 0 Å². The van der Waals surface area contributed by atoms with Gasteiger partial charge in [-0.2, -0.15) is 23.5 Å². The second-order valence-corrected chi connectivity index (χ2v) is 7.15. The molecule has 2 fully saturated rings. The van der Waals surface area contributed by atoms with Crippen molar-refractivity contribution >= 4 is 23.5 Å². The van der Waals surface area contributed by atoms with E-state index in [9.17, 15) is 0 Å². The topological polar surface area (TPSA) is 38.0 Å². The summed E-state index contributed by atoms with van der Waals surface area (Å²) in [7, 11) is 0. The summed E-state index contributed by atoms with van der Waals surface area (Å²) in [6.45, 7) is 1.21. The van der Waals surface area contributed by atoms with Crippen LogP contribution < -0.4 is 11.1 Å². The maximum Gasteiger partial charge on any atom is 0.0263 e. The number of nitrogens with two attached hydrogens (primary N) is 1. The van der Waals surface area contributed by atoms with Crippen LogP contribution in [-0.2, 0) is 0 Å². The van der Waals surface area contributed by atoms with Gasteiger partial charge in [0, 0.05) is 41.1 Å². The quantitative estimate of drug-likeness (QED) is 0.795. The van der Waals surface area contributed by atoms with Crippen molar-refractivity contribution in [2.24, 2.45) is 5.73 Å². The standard InChI is InChI=1S/C11H22N2S2/c12-9-1-3-10(4-2-9)13-7-11-8-14-5-6-15-11/h9-11,13H,1-8,12H2. The van der Waals surface area contributed by atoms with Crippen molar-refractivity contribution < 1.29 is 0 Å². The summed E-state index contributed by atoms with van der Waals surface area (Å²) in [5.41, 5.74) is 5.90. The van der Waals surface area contributed by atoms with Gasteiger partial charge in [-0.1, -0.05) is 0 Å². The van der Waals surface area contributed by atoms with Crippen LogP contribution in [0.1, 0.15) is 25.7 Å². The Hall–Kier alpha value is 0.620. The van der Waals surface area contributed by atoms with Crippen molar-refractivity contribution in [1.82, 2.24) is 5.32 Å². The Morgan fingerprint density at radius 3 is 2.60 bits per heavy atom. The normalized spacial score (nSPS) is 37.8. The van der Waals surface area contributed by atoms with E-state index in [1.54, 1.807) is 0 Å². The van der Waals surface area contributed by atoms with Crippen molar-refractivity contribution in [1.29, 1.82) is 0 Å². The van der Waals surface area contributed by atoms with Crippen LogP contribution >= 0.6 is 23.5 Å². The van der Waals surface area contributed by atoms with Gasteiger partial charge < -0.3 is 11.1 Å². The average Bonchev–Trinajstić information content (AvgIpc) is 2.30. The molecule has 0 spiro atoms. The smallest absolute Gasteiger partial charge is 0.0263 e. The van der Waals surface area contributed by atoms with Crippen LogP contribution in [0.25, 0.3) is 0 Å². The molecule has 1 aliphatic heterocycles. The van der Waals surface area contributed by atoms with Gasteiger partial charge >= 0.3 is 0 Å². The molecular formula is C11H22N2S2. The summed E-state index contributed by atoms with van der Waals surface area (Å²) >= 11 is 4.25. The SMILES string of the molecule is NC1CCC(NCC2CSCCS2)CC1. The fraction of sp³-hybridized carbons (Fsp3) is 1.00. The third kappa shape index (κ3) is 4.17. The first-order valence-electron chi connectivity index (χ1n) is 6.03. The molecule has 0 aromatic rings. The summed E-state index contributed by atoms with van der Waals surface area (Å²) in [6.07, 6.45) is 4.99. The van der Waals surface area contributed by atoms with Gasteiger partial charge in [-0.3, -0.25) is 0 Å². The summed E-state index contributed by atoms with van der Waals surface area (Å²) in [6, 6.07) is 1.22. The highest BCUT2D eigenvalue weighted by molar-refractivity contribution is 8.06. The molecule has 1 saturated heterocycles. The minimum atomic E-state index is 0.475. The maximum absolute atomic E-state index is 5.90. The molecule has 0 amide bonds. The first-order chi connectivity index (χ1) is 7.34. The van der Waals surface area contributed by atoms with E-state index in [-0.39, 0.29) is 0 Å². The number of hydrogen-bond acceptors (Lipinski definition) is 4. The van der Waals surface area contributed by atoms with Gasteiger partial charge in [0.05, 0.1) is 0 Å². The Balaban J connectivity index is 1.60. The second-order valence-electron chi connectivity index (χ2n) is 4.59. The van der Waals surface area contributed by atoms with E-state index < -0.39 is 0 Å². The molecule has 1 saturated carbocycles. The van der Waals surface area contributed by atoms with Crippen molar-refractivity contribution in [2.75, 3.05) is 23.8 Å². The Bertz CT molecular complexity index is 175. The molecule has 2 aliphatic rings. The molecule has 88 valence electrons. The molecule has 2 rings (SSSR count). The van der Waals surface area contributed by atoms with Crippen molar-refractivity contribution in [2.45, 2.75) is 43.0 Å². The van der Waals surface area contributed by atoms with E-state index in [0.29, 0.717) is 6.04 Å². The summed E-state index contributed by atoms with van der Waals surface area (Å²) in [4.78, 5) is 0. The molecule has 4 heteroatoms. The number of thioether (sulfide) groups is 2. The minimum absolute atomic E-state index is 0.475. The first-order valence-corrected chi connectivity index (χ1v) is 8.23. The zero-order valence-electron chi connectivity index (χ0n) is 9.28. The first kappa shape index (κ1) is 12.1. The lowest BCUT2D eigenvalue weighted by molar-refractivity contribution is 0.345. The highest BCUT2D eigenvalue weighted by atomic mass is 32.2. The van der Waals surface area contributed by atoms with Crippen LogP contribution in [0.5, 0.6) is 0 Å². The van der Waals surface area contributed by atoms with Gasteiger partial charge in [-0.25, -0.2) is 0 Å². The lowest BCUT2D eigenvalue weighted by Crippen LogP contribution is -2.41. The van der Waals surface area contributed by atoms with Crippen molar-refractivity contribution in [3.05, 3.63) is 0 Å². The Morgan fingerprint density at radius 2 is 1.93 bits per heavy atom. The lowest BCUT2D eigenvalue weighted by atomic mass is 9.92. The summed E-state index contributed by atoms with van der Waals surface area (Å²) < 4.78 is 0. The van der Waals surface area contributed by atoms with E-state index in [1.807, 2.05) is 0 Å². The minimum Gasteiger partial charge on any atom is -0.328 e. The highest BCUT2D eigenvalue weighted by Crippen LogP contribution is 2.24. The monoisotopic (exact) mass is 246 g/mol. The van der Waals surface area contributed by atoms with Crippen LogP contribution in [0.3, 0.4) is 0 Å². The molecule has 1 heterocycles. The average molecular weight is 246 g/mol. The zero-order valence-corrected chi connectivity index (χ0v) is 10.9. The Labute approximate surface area is 102 Å². The Morgan fingerprint density at radius 1 is 1.13 bits per heavy atom. The van der Waals surface area contributed by atoms with E-state index >= 15 is 0 Å². The fourth-order valence-electron chi connectivity index (χ4n) is 2.28. The van der Waals surface area contributed by atoms with Crippen LogP contribution in [-0.4, -0.2) is 41.1 Å². The molecule has 3 N–H and O–H groups in total. The number of hydrogen-bond donors (Lipinski definition) is 2.